The first-order chi connectivity index (χ1) is 18.4. The number of ether oxygens (including phenoxy) is 2. The van der Waals surface area contributed by atoms with Gasteiger partial charge in [0.15, 0.2) is 0 Å². The van der Waals surface area contributed by atoms with Crippen molar-refractivity contribution in [3.63, 3.8) is 0 Å². The second-order valence-corrected chi connectivity index (χ2v) is 9.90. The maximum Gasteiger partial charge on any atom is 0.460 e. The van der Waals surface area contributed by atoms with Crippen molar-refractivity contribution < 1.29 is 62.6 Å². The molecule has 1 aliphatic carbocycles. The Labute approximate surface area is 224 Å². The number of rotatable bonds is 14. The van der Waals surface area contributed by atoms with Crippen LogP contribution in [0, 0.1) is 11.8 Å². The zero-order valence-electron chi connectivity index (χ0n) is 21.6. The molecule has 1 saturated carbocycles. The number of unbranched alkanes of at least 4 members (excludes halogenated alkanes) is 5. The van der Waals surface area contributed by atoms with Crippen molar-refractivity contribution >= 4 is 5.97 Å². The van der Waals surface area contributed by atoms with Crippen molar-refractivity contribution in [1.29, 1.82) is 0 Å². The molecule has 2 rings (SSSR count). The second kappa shape index (κ2) is 13.1. The predicted octanol–water partition coefficient (Wildman–Crippen LogP) is 9.24. The highest BCUT2D eigenvalue weighted by atomic mass is 19.4. The molecule has 1 aromatic rings. The van der Waals surface area contributed by atoms with Gasteiger partial charge in [-0.05, 0) is 56.4 Å². The van der Waals surface area contributed by atoms with E-state index in [1.807, 2.05) is 0 Å². The zero-order chi connectivity index (χ0) is 30.4. The number of benzene rings is 1. The number of halogens is 11. The summed E-state index contributed by atoms with van der Waals surface area (Å²) >= 11 is 0. The second-order valence-electron chi connectivity index (χ2n) is 9.90. The van der Waals surface area contributed by atoms with Gasteiger partial charge in [-0.1, -0.05) is 39.0 Å². The SMILES string of the molecule is CCCCCCCCOc1ccc(OC(=O)C2CCC(C(F)(F)C(F)(F)C(F)(F)C(F)(F)C(F)(F)F)CC2)cc1. The molecule has 0 unspecified atom stereocenters. The molecule has 0 aliphatic heterocycles. The van der Waals surface area contributed by atoms with Gasteiger partial charge >= 0.3 is 35.8 Å². The van der Waals surface area contributed by atoms with E-state index in [9.17, 15) is 53.1 Å². The summed E-state index contributed by atoms with van der Waals surface area (Å²) in [7, 11) is 0. The van der Waals surface area contributed by atoms with Crippen molar-refractivity contribution in [2.24, 2.45) is 11.8 Å². The van der Waals surface area contributed by atoms with Gasteiger partial charge in [0, 0.05) is 5.92 Å². The molecular weight excluding hydrogens is 569 g/mol. The molecule has 0 amide bonds. The molecule has 0 aromatic heterocycles. The summed E-state index contributed by atoms with van der Waals surface area (Å²) in [6, 6.07) is 5.85. The molecule has 0 bridgehead atoms. The Morgan fingerprint density at radius 3 is 1.73 bits per heavy atom. The summed E-state index contributed by atoms with van der Waals surface area (Å²) in [6.07, 6.45) is -3.89. The minimum Gasteiger partial charge on any atom is -0.494 e. The van der Waals surface area contributed by atoms with E-state index < -0.39 is 73.4 Å². The Bertz CT molecular complexity index is 938. The molecule has 1 aliphatic rings. The van der Waals surface area contributed by atoms with E-state index in [1.54, 1.807) is 0 Å². The van der Waals surface area contributed by atoms with Crippen LogP contribution in [-0.4, -0.2) is 42.4 Å². The molecule has 0 N–H and O–H groups in total. The lowest BCUT2D eigenvalue weighted by Gasteiger charge is -2.41. The van der Waals surface area contributed by atoms with Gasteiger partial charge in [-0.2, -0.15) is 48.3 Å². The summed E-state index contributed by atoms with van der Waals surface area (Å²) in [5.41, 5.74) is 0. The van der Waals surface area contributed by atoms with Crippen LogP contribution >= 0.6 is 0 Å². The van der Waals surface area contributed by atoms with E-state index in [-0.39, 0.29) is 5.75 Å². The van der Waals surface area contributed by atoms with Gasteiger partial charge in [0.2, 0.25) is 0 Å². The van der Waals surface area contributed by atoms with Crippen LogP contribution in [0.5, 0.6) is 11.5 Å². The maximum atomic E-state index is 14.3. The first-order valence-corrected chi connectivity index (χ1v) is 12.9. The van der Waals surface area contributed by atoms with E-state index in [4.69, 9.17) is 9.47 Å². The molecule has 0 atom stereocenters. The average molecular weight is 601 g/mol. The third kappa shape index (κ3) is 7.32. The molecule has 0 radical (unpaired) electrons. The first kappa shape index (κ1) is 33.9. The van der Waals surface area contributed by atoms with Gasteiger partial charge < -0.3 is 9.47 Å². The van der Waals surface area contributed by atoms with Crippen LogP contribution in [0.15, 0.2) is 24.3 Å². The Hall–Kier alpha value is -2.28. The molecule has 1 aromatic carbocycles. The van der Waals surface area contributed by atoms with Gasteiger partial charge in [0.25, 0.3) is 0 Å². The van der Waals surface area contributed by atoms with Crippen LogP contribution in [0.3, 0.4) is 0 Å². The number of carbonyl (C=O) groups is 1. The molecule has 0 spiro atoms. The van der Waals surface area contributed by atoms with E-state index in [0.717, 1.165) is 32.1 Å². The number of hydrogen-bond donors (Lipinski definition) is 0. The number of hydrogen-bond acceptors (Lipinski definition) is 3. The van der Waals surface area contributed by atoms with E-state index in [2.05, 4.69) is 6.92 Å². The average Bonchev–Trinajstić information content (AvgIpc) is 2.88. The molecule has 0 saturated heterocycles. The fourth-order valence-corrected chi connectivity index (χ4v) is 4.41. The van der Waals surface area contributed by atoms with Gasteiger partial charge in [0.1, 0.15) is 11.5 Å². The van der Waals surface area contributed by atoms with Crippen LogP contribution in [0.4, 0.5) is 48.3 Å². The smallest absolute Gasteiger partial charge is 0.460 e. The quantitative estimate of drug-likeness (QED) is 0.0925. The van der Waals surface area contributed by atoms with Crippen LogP contribution in [0.25, 0.3) is 0 Å². The minimum absolute atomic E-state index is 0.0601. The highest BCUT2D eigenvalue weighted by Gasteiger charge is 2.87. The molecular formula is C26H31F11O3. The predicted molar refractivity (Wildman–Crippen MR) is 122 cm³/mol. The van der Waals surface area contributed by atoms with Crippen LogP contribution in [0.2, 0.25) is 0 Å². The highest BCUT2D eigenvalue weighted by Crippen LogP contribution is 2.60. The molecule has 40 heavy (non-hydrogen) atoms. The number of esters is 1. The third-order valence-corrected chi connectivity index (χ3v) is 6.95. The Kier molecular flexibility index (Phi) is 11.1. The molecule has 14 heteroatoms. The molecule has 0 heterocycles. The number of carbonyl (C=O) groups excluding carboxylic acids is 1. The van der Waals surface area contributed by atoms with Crippen molar-refractivity contribution in [3.8, 4) is 11.5 Å². The normalized spacial score (nSPS) is 19.4. The Morgan fingerprint density at radius 1 is 0.700 bits per heavy atom. The van der Waals surface area contributed by atoms with Crippen LogP contribution < -0.4 is 9.47 Å². The lowest BCUT2D eigenvalue weighted by molar-refractivity contribution is -0.427. The standard InChI is InChI=1S/C26H31F11O3/c1-2-3-4-5-6-7-16-39-19-12-14-20(15-13-19)40-21(38)17-8-10-18(11-9-17)22(27,28)23(29,30)24(31,32)25(33,34)26(35,36)37/h12-15,17-18H,2-11,16H2,1H3. The third-order valence-electron chi connectivity index (χ3n) is 6.95. The van der Waals surface area contributed by atoms with Crippen LogP contribution in [0.1, 0.15) is 71.1 Å². The van der Waals surface area contributed by atoms with Crippen molar-refractivity contribution in [2.45, 2.75) is 101 Å². The van der Waals surface area contributed by atoms with Crippen molar-refractivity contribution in [3.05, 3.63) is 24.3 Å². The molecule has 3 nitrogen and oxygen atoms in total. The summed E-state index contributed by atoms with van der Waals surface area (Å²) in [5.74, 6) is -31.9. The largest absolute Gasteiger partial charge is 0.494 e. The minimum atomic E-state index is -7.43. The summed E-state index contributed by atoms with van der Waals surface area (Å²) < 4.78 is 157. The first-order valence-electron chi connectivity index (χ1n) is 12.9. The zero-order valence-corrected chi connectivity index (χ0v) is 21.6. The van der Waals surface area contributed by atoms with Crippen molar-refractivity contribution in [1.82, 2.24) is 0 Å². The lowest BCUT2D eigenvalue weighted by atomic mass is 9.76. The van der Waals surface area contributed by atoms with E-state index >= 15 is 0 Å². The maximum absolute atomic E-state index is 14.3. The summed E-state index contributed by atoms with van der Waals surface area (Å²) in [5, 5.41) is 0. The topological polar surface area (TPSA) is 35.5 Å². The highest BCUT2D eigenvalue weighted by molar-refractivity contribution is 5.75. The van der Waals surface area contributed by atoms with E-state index in [0.29, 0.717) is 12.4 Å². The van der Waals surface area contributed by atoms with Gasteiger partial charge in [-0.15, -0.1) is 0 Å². The lowest BCUT2D eigenvalue weighted by Crippen LogP contribution is -2.67. The Morgan fingerprint density at radius 2 is 1.20 bits per heavy atom. The Balaban J connectivity index is 1.90. The fourth-order valence-electron chi connectivity index (χ4n) is 4.41. The van der Waals surface area contributed by atoms with Crippen molar-refractivity contribution in [2.75, 3.05) is 6.61 Å². The van der Waals surface area contributed by atoms with Gasteiger partial charge in [0.05, 0.1) is 12.5 Å². The molecule has 1 fully saturated rings. The summed E-state index contributed by atoms with van der Waals surface area (Å²) in [4.78, 5) is 12.4. The summed E-state index contributed by atoms with van der Waals surface area (Å²) in [6.45, 7) is 2.60. The van der Waals surface area contributed by atoms with Crippen LogP contribution in [-0.2, 0) is 4.79 Å². The molecule has 230 valence electrons. The monoisotopic (exact) mass is 600 g/mol. The van der Waals surface area contributed by atoms with Gasteiger partial charge in [-0.25, -0.2) is 0 Å². The van der Waals surface area contributed by atoms with Gasteiger partial charge in [-0.3, -0.25) is 4.79 Å². The van der Waals surface area contributed by atoms with E-state index in [1.165, 1.54) is 30.7 Å². The number of alkyl halides is 11. The fraction of sp³-hybridized carbons (Fsp3) is 0.731.